The van der Waals surface area contributed by atoms with Gasteiger partial charge in [-0.25, -0.2) is 0 Å². The Bertz CT molecular complexity index is 521. The second kappa shape index (κ2) is 6.36. The lowest BCUT2D eigenvalue weighted by Gasteiger charge is -2.47. The number of hydrogen-bond donors (Lipinski definition) is 3. The van der Waals surface area contributed by atoms with Crippen molar-refractivity contribution < 1.29 is 19.7 Å². The van der Waals surface area contributed by atoms with Crippen molar-refractivity contribution in [2.45, 2.75) is 56.6 Å². The lowest BCUT2D eigenvalue weighted by atomic mass is 9.71. The van der Waals surface area contributed by atoms with Gasteiger partial charge in [0.05, 0.1) is 12.2 Å². The zero-order valence-electron chi connectivity index (χ0n) is 12.7. The van der Waals surface area contributed by atoms with Gasteiger partial charge in [-0.05, 0) is 30.7 Å². The molecule has 1 saturated heterocycles. The Morgan fingerprint density at radius 1 is 1.23 bits per heavy atom. The minimum absolute atomic E-state index is 0.0702. The second-order valence-corrected chi connectivity index (χ2v) is 6.37. The number of nitrogens with one attached hydrogen (secondary N) is 1. The predicted molar refractivity (Wildman–Crippen MR) is 81.0 cm³/mol. The summed E-state index contributed by atoms with van der Waals surface area (Å²) < 4.78 is 5.64. The van der Waals surface area contributed by atoms with Crippen LogP contribution in [0, 0.1) is 5.92 Å². The molecule has 1 aromatic carbocycles. The van der Waals surface area contributed by atoms with Gasteiger partial charge in [0.15, 0.2) is 6.29 Å². The normalized spacial score (nSPS) is 38.1. The van der Waals surface area contributed by atoms with Gasteiger partial charge >= 0.3 is 0 Å². The van der Waals surface area contributed by atoms with Crippen molar-refractivity contribution in [1.82, 2.24) is 5.32 Å². The fourth-order valence-corrected chi connectivity index (χ4v) is 3.82. The van der Waals surface area contributed by atoms with Crippen LogP contribution in [0.1, 0.15) is 37.7 Å². The van der Waals surface area contributed by atoms with Gasteiger partial charge in [0.1, 0.15) is 6.04 Å². The third-order valence-corrected chi connectivity index (χ3v) is 4.90. The van der Waals surface area contributed by atoms with Gasteiger partial charge < -0.3 is 20.3 Å². The van der Waals surface area contributed by atoms with E-state index in [-0.39, 0.29) is 17.9 Å². The molecule has 1 aliphatic carbocycles. The number of amides is 1. The highest BCUT2D eigenvalue weighted by atomic mass is 16.6. The Labute approximate surface area is 130 Å². The Morgan fingerprint density at radius 3 is 2.64 bits per heavy atom. The van der Waals surface area contributed by atoms with Gasteiger partial charge in [0.2, 0.25) is 5.91 Å². The Hall–Kier alpha value is -1.43. The molecular weight excluding hydrogens is 282 g/mol. The van der Waals surface area contributed by atoms with Crippen LogP contribution < -0.4 is 5.32 Å². The van der Waals surface area contributed by atoms with Crippen LogP contribution in [0.4, 0.5) is 0 Å². The van der Waals surface area contributed by atoms with Crippen LogP contribution in [0.2, 0.25) is 0 Å². The van der Waals surface area contributed by atoms with E-state index in [4.69, 9.17) is 4.74 Å². The molecular formula is C17H23NO4. The van der Waals surface area contributed by atoms with Crippen molar-refractivity contribution in [3.63, 3.8) is 0 Å². The highest BCUT2D eigenvalue weighted by molar-refractivity contribution is 5.73. The molecule has 6 atom stereocenters. The average Bonchev–Trinajstić information content (AvgIpc) is 2.52. The summed E-state index contributed by atoms with van der Waals surface area (Å²) >= 11 is 0. The van der Waals surface area contributed by atoms with Crippen molar-refractivity contribution in [1.29, 1.82) is 0 Å². The van der Waals surface area contributed by atoms with E-state index in [9.17, 15) is 15.0 Å². The molecule has 5 heteroatoms. The fraction of sp³-hybridized carbons (Fsp3) is 0.588. The maximum atomic E-state index is 11.3. The summed E-state index contributed by atoms with van der Waals surface area (Å²) in [6.07, 6.45) is 0.520. The Morgan fingerprint density at radius 2 is 1.95 bits per heavy atom. The second-order valence-electron chi connectivity index (χ2n) is 6.37. The van der Waals surface area contributed by atoms with Crippen molar-refractivity contribution in [3.05, 3.63) is 35.9 Å². The monoisotopic (exact) mass is 305 g/mol. The van der Waals surface area contributed by atoms with Gasteiger partial charge in [0.25, 0.3) is 0 Å². The number of ether oxygens (including phenoxy) is 1. The van der Waals surface area contributed by atoms with Crippen LogP contribution in [0.3, 0.4) is 0 Å². The van der Waals surface area contributed by atoms with E-state index in [0.29, 0.717) is 5.92 Å². The lowest BCUT2D eigenvalue weighted by Crippen LogP contribution is -2.61. The standard InChI is InChI=1S/C17H23NO4/c1-10(19)18-15-16(20)13-9-12(11-5-3-2-4-6-11)7-8-14(13)22-17(15)21/h2-6,12-17,20-21H,7-9H2,1H3,(H,18,19)/t12-,13-,14+,15-,16+,17+/m0/s1. The first-order chi connectivity index (χ1) is 10.6. The van der Waals surface area contributed by atoms with Gasteiger partial charge in [-0.3, -0.25) is 4.79 Å². The number of aliphatic hydroxyl groups excluding tert-OH is 2. The van der Waals surface area contributed by atoms with Crippen molar-refractivity contribution in [3.8, 4) is 0 Å². The number of fused-ring (bicyclic) bond motifs is 1. The molecule has 0 spiro atoms. The van der Waals surface area contributed by atoms with E-state index in [2.05, 4.69) is 17.4 Å². The molecule has 3 rings (SSSR count). The molecule has 1 heterocycles. The van der Waals surface area contributed by atoms with E-state index in [0.717, 1.165) is 19.3 Å². The molecule has 1 amide bonds. The molecule has 2 aliphatic rings. The van der Waals surface area contributed by atoms with E-state index in [1.54, 1.807) is 0 Å². The quantitative estimate of drug-likeness (QED) is 0.766. The van der Waals surface area contributed by atoms with Crippen molar-refractivity contribution in [2.24, 2.45) is 5.92 Å². The topological polar surface area (TPSA) is 78.8 Å². The molecule has 1 aliphatic heterocycles. The first-order valence-electron chi connectivity index (χ1n) is 7.90. The average molecular weight is 305 g/mol. The third kappa shape index (κ3) is 3.02. The summed E-state index contributed by atoms with van der Waals surface area (Å²) in [5.41, 5.74) is 1.27. The van der Waals surface area contributed by atoms with Gasteiger partial charge in [-0.1, -0.05) is 30.3 Å². The molecule has 0 radical (unpaired) electrons. The van der Waals surface area contributed by atoms with Crippen LogP contribution in [-0.2, 0) is 9.53 Å². The highest BCUT2D eigenvalue weighted by Gasteiger charge is 2.47. The molecule has 120 valence electrons. The van der Waals surface area contributed by atoms with E-state index < -0.39 is 18.4 Å². The minimum Gasteiger partial charge on any atom is -0.390 e. The summed E-state index contributed by atoms with van der Waals surface area (Å²) in [5.74, 6) is 0.0358. The number of carbonyl (C=O) groups excluding carboxylic acids is 1. The molecule has 5 nitrogen and oxygen atoms in total. The minimum atomic E-state index is -1.14. The fourth-order valence-electron chi connectivity index (χ4n) is 3.82. The van der Waals surface area contributed by atoms with Gasteiger partial charge in [-0.2, -0.15) is 0 Å². The van der Waals surface area contributed by atoms with Crippen LogP contribution in [0.15, 0.2) is 30.3 Å². The van der Waals surface area contributed by atoms with E-state index >= 15 is 0 Å². The lowest BCUT2D eigenvalue weighted by molar-refractivity contribution is -0.239. The van der Waals surface area contributed by atoms with Crippen molar-refractivity contribution in [2.75, 3.05) is 0 Å². The molecule has 0 bridgehead atoms. The SMILES string of the molecule is CC(=O)N[C@H]1[C@H](O)[C@H]2C[C@@H](c3ccccc3)CC[C@H]2O[C@H]1O. The van der Waals surface area contributed by atoms with Crippen molar-refractivity contribution >= 4 is 5.91 Å². The molecule has 2 fully saturated rings. The van der Waals surface area contributed by atoms with Crippen LogP contribution >= 0.6 is 0 Å². The highest BCUT2D eigenvalue weighted by Crippen LogP contribution is 2.42. The Balaban J connectivity index is 1.75. The molecule has 0 unspecified atom stereocenters. The first kappa shape index (κ1) is 15.5. The number of hydrogen-bond acceptors (Lipinski definition) is 4. The van der Waals surface area contributed by atoms with E-state index in [1.165, 1.54) is 12.5 Å². The third-order valence-electron chi connectivity index (χ3n) is 4.90. The van der Waals surface area contributed by atoms with Crippen LogP contribution in [-0.4, -0.2) is 40.7 Å². The Kier molecular flexibility index (Phi) is 4.47. The smallest absolute Gasteiger partial charge is 0.217 e. The first-order valence-corrected chi connectivity index (χ1v) is 7.90. The molecule has 22 heavy (non-hydrogen) atoms. The summed E-state index contributed by atoms with van der Waals surface area (Å²) in [6.45, 7) is 1.37. The zero-order valence-corrected chi connectivity index (χ0v) is 12.7. The summed E-state index contributed by atoms with van der Waals surface area (Å²) in [5, 5.41) is 23.2. The van der Waals surface area contributed by atoms with Crippen LogP contribution in [0.5, 0.6) is 0 Å². The summed E-state index contributed by atoms with van der Waals surface area (Å²) in [6, 6.07) is 9.52. The molecule has 1 aromatic rings. The maximum Gasteiger partial charge on any atom is 0.217 e. The predicted octanol–water partition coefficient (Wildman–Crippen LogP) is 1.15. The summed E-state index contributed by atoms with van der Waals surface area (Å²) in [4.78, 5) is 11.3. The van der Waals surface area contributed by atoms with Crippen LogP contribution in [0.25, 0.3) is 0 Å². The summed E-state index contributed by atoms with van der Waals surface area (Å²) in [7, 11) is 0. The van der Waals surface area contributed by atoms with E-state index in [1.807, 2.05) is 18.2 Å². The molecule has 3 N–H and O–H groups in total. The number of benzene rings is 1. The van der Waals surface area contributed by atoms with Gasteiger partial charge in [0, 0.05) is 12.8 Å². The number of rotatable bonds is 2. The molecule has 1 saturated carbocycles. The largest absolute Gasteiger partial charge is 0.390 e. The zero-order chi connectivity index (χ0) is 15.7. The number of aliphatic hydroxyl groups is 2. The van der Waals surface area contributed by atoms with Gasteiger partial charge in [-0.15, -0.1) is 0 Å². The number of carbonyl (C=O) groups is 1. The maximum absolute atomic E-state index is 11.3. The molecule has 0 aromatic heterocycles.